The second-order valence-electron chi connectivity index (χ2n) is 6.33. The highest BCUT2D eigenvalue weighted by Crippen LogP contribution is 2.39. The number of rotatable bonds is 4. The van der Waals surface area contributed by atoms with Crippen LogP contribution in [0.2, 0.25) is 0 Å². The van der Waals surface area contributed by atoms with Crippen molar-refractivity contribution in [1.82, 2.24) is 25.6 Å². The molecule has 2 fully saturated rings. The smallest absolute Gasteiger partial charge is 0.243 e. The average molecular weight is 329 g/mol. The van der Waals surface area contributed by atoms with Gasteiger partial charge in [0, 0.05) is 19.4 Å². The molecule has 2 amide bonds. The Hall–Kier alpha value is -2.48. The third-order valence-corrected chi connectivity index (χ3v) is 4.70. The predicted molar refractivity (Wildman–Crippen MR) is 84.9 cm³/mol. The molecule has 1 aliphatic carbocycles. The number of nitrogens with zero attached hydrogens (tertiary/aromatic N) is 3. The molecule has 0 radical (unpaired) electrons. The second-order valence-corrected chi connectivity index (χ2v) is 6.33. The maximum absolute atomic E-state index is 12.3. The highest BCUT2D eigenvalue weighted by molar-refractivity contribution is 5.78. The Morgan fingerprint density at radius 2 is 1.92 bits per heavy atom. The lowest BCUT2D eigenvalue weighted by molar-refractivity contribution is -0.130. The van der Waals surface area contributed by atoms with E-state index in [0.717, 1.165) is 17.5 Å². The highest BCUT2D eigenvalue weighted by atomic mass is 16.5. The highest BCUT2D eigenvalue weighted by Gasteiger charge is 2.54. The van der Waals surface area contributed by atoms with Gasteiger partial charge in [-0.15, -0.1) is 0 Å². The summed E-state index contributed by atoms with van der Waals surface area (Å²) in [5, 5.41) is 14.5. The first-order chi connectivity index (χ1) is 11.6. The lowest BCUT2D eigenvalue weighted by Gasteiger charge is -2.47. The third kappa shape index (κ3) is 2.62. The largest absolute Gasteiger partial charge is 0.376 e. The fourth-order valence-electron chi connectivity index (χ4n) is 3.65. The van der Waals surface area contributed by atoms with Crippen LogP contribution in [0.3, 0.4) is 0 Å². The summed E-state index contributed by atoms with van der Waals surface area (Å²) in [6.07, 6.45) is 0.903. The normalized spacial score (nSPS) is 28.2. The molecule has 2 aromatic rings. The van der Waals surface area contributed by atoms with Crippen LogP contribution in [0.1, 0.15) is 13.3 Å². The molecule has 1 saturated heterocycles. The standard InChI is InChI=1S/C16H19N5O3/c1-9(22)17-15-14(10-6-7-24-16(10)15)18-13(23)8-21-19-11-4-2-3-5-12(11)20-21/h2-5,10,14-16H,6-8H2,1H3,(H,17,22)(H,18,23)/t10-,14+,15-,16-/m1/s1. The van der Waals surface area contributed by atoms with E-state index in [1.54, 1.807) is 0 Å². The van der Waals surface area contributed by atoms with Crippen LogP contribution in [-0.2, 0) is 20.9 Å². The van der Waals surface area contributed by atoms with E-state index >= 15 is 0 Å². The first-order valence-electron chi connectivity index (χ1n) is 8.10. The lowest BCUT2D eigenvalue weighted by atomic mass is 9.71. The molecule has 2 heterocycles. The van der Waals surface area contributed by atoms with E-state index < -0.39 is 0 Å². The van der Waals surface area contributed by atoms with Crippen LogP contribution in [0.4, 0.5) is 0 Å². The molecule has 2 aliphatic rings. The number of carbonyl (C=O) groups excluding carboxylic acids is 2. The topological polar surface area (TPSA) is 98.1 Å². The third-order valence-electron chi connectivity index (χ3n) is 4.70. The van der Waals surface area contributed by atoms with Crippen molar-refractivity contribution in [2.24, 2.45) is 5.92 Å². The molecular formula is C16H19N5O3. The summed E-state index contributed by atoms with van der Waals surface area (Å²) in [6, 6.07) is 7.22. The van der Waals surface area contributed by atoms with Crippen LogP contribution >= 0.6 is 0 Å². The molecule has 4 atom stereocenters. The van der Waals surface area contributed by atoms with Gasteiger partial charge in [-0.05, 0) is 18.6 Å². The minimum absolute atomic E-state index is 0.00427. The first-order valence-corrected chi connectivity index (χ1v) is 8.10. The van der Waals surface area contributed by atoms with E-state index in [4.69, 9.17) is 4.74 Å². The van der Waals surface area contributed by atoms with E-state index in [1.807, 2.05) is 24.3 Å². The summed E-state index contributed by atoms with van der Waals surface area (Å²) < 4.78 is 5.64. The van der Waals surface area contributed by atoms with Crippen molar-refractivity contribution in [3.8, 4) is 0 Å². The van der Waals surface area contributed by atoms with Gasteiger partial charge in [0.15, 0.2) is 0 Å². The molecule has 1 aliphatic heterocycles. The van der Waals surface area contributed by atoms with Gasteiger partial charge in [0.05, 0.1) is 18.2 Å². The van der Waals surface area contributed by atoms with Crippen molar-refractivity contribution in [3.05, 3.63) is 24.3 Å². The summed E-state index contributed by atoms with van der Waals surface area (Å²) in [6.45, 7) is 2.19. The molecule has 4 rings (SSSR count). The SMILES string of the molecule is CC(=O)N[C@@H]1[C@@H](NC(=O)Cn2nc3ccccc3n2)[C@H]2CCO[C@H]21. The van der Waals surface area contributed by atoms with Gasteiger partial charge in [0.25, 0.3) is 0 Å². The molecule has 1 aromatic heterocycles. The molecule has 126 valence electrons. The second kappa shape index (κ2) is 5.86. The summed E-state index contributed by atoms with van der Waals surface area (Å²) >= 11 is 0. The van der Waals surface area contributed by atoms with Gasteiger partial charge >= 0.3 is 0 Å². The minimum atomic E-state index is -0.166. The minimum Gasteiger partial charge on any atom is -0.376 e. The number of hydrogen-bond donors (Lipinski definition) is 2. The van der Waals surface area contributed by atoms with Crippen molar-refractivity contribution in [2.45, 2.75) is 38.1 Å². The lowest BCUT2D eigenvalue weighted by Crippen LogP contribution is -2.71. The Balaban J connectivity index is 1.42. The molecule has 0 bridgehead atoms. The number of aromatic nitrogens is 3. The summed E-state index contributed by atoms with van der Waals surface area (Å²) in [5.74, 6) is -0.0235. The van der Waals surface area contributed by atoms with Crippen LogP contribution in [-0.4, -0.2) is 51.6 Å². The number of carbonyl (C=O) groups is 2. The van der Waals surface area contributed by atoms with Gasteiger partial charge in [0.1, 0.15) is 17.6 Å². The van der Waals surface area contributed by atoms with Crippen LogP contribution in [0.5, 0.6) is 0 Å². The van der Waals surface area contributed by atoms with E-state index in [0.29, 0.717) is 6.61 Å². The molecule has 1 aromatic carbocycles. The maximum atomic E-state index is 12.3. The van der Waals surface area contributed by atoms with Gasteiger partial charge in [0.2, 0.25) is 11.8 Å². The van der Waals surface area contributed by atoms with E-state index in [-0.39, 0.29) is 42.5 Å². The zero-order chi connectivity index (χ0) is 16.7. The van der Waals surface area contributed by atoms with Gasteiger partial charge < -0.3 is 15.4 Å². The maximum Gasteiger partial charge on any atom is 0.243 e. The van der Waals surface area contributed by atoms with E-state index in [2.05, 4.69) is 20.8 Å². The Morgan fingerprint density at radius 3 is 2.58 bits per heavy atom. The molecule has 0 unspecified atom stereocenters. The molecule has 2 N–H and O–H groups in total. The van der Waals surface area contributed by atoms with Crippen molar-refractivity contribution in [1.29, 1.82) is 0 Å². The monoisotopic (exact) mass is 329 g/mol. The molecule has 0 spiro atoms. The fraction of sp³-hybridized carbons (Fsp3) is 0.500. The number of ether oxygens (including phenoxy) is 1. The molecule has 1 saturated carbocycles. The number of hydrogen-bond acceptors (Lipinski definition) is 5. The fourth-order valence-corrected chi connectivity index (χ4v) is 3.65. The molecular weight excluding hydrogens is 310 g/mol. The quantitative estimate of drug-likeness (QED) is 0.812. The molecule has 8 nitrogen and oxygen atoms in total. The summed E-state index contributed by atoms with van der Waals surface area (Å²) in [5.41, 5.74) is 1.52. The van der Waals surface area contributed by atoms with Crippen LogP contribution < -0.4 is 10.6 Å². The number of benzene rings is 1. The van der Waals surface area contributed by atoms with Gasteiger partial charge in [-0.25, -0.2) is 0 Å². The average Bonchev–Trinajstić information content (AvgIpc) is 3.14. The van der Waals surface area contributed by atoms with Crippen LogP contribution in [0, 0.1) is 5.92 Å². The zero-order valence-electron chi connectivity index (χ0n) is 13.3. The van der Waals surface area contributed by atoms with Crippen molar-refractivity contribution < 1.29 is 14.3 Å². The summed E-state index contributed by atoms with van der Waals surface area (Å²) in [4.78, 5) is 25.1. The predicted octanol–water partition coefficient (Wildman–Crippen LogP) is -0.160. The van der Waals surface area contributed by atoms with Crippen LogP contribution in [0.15, 0.2) is 24.3 Å². The number of fused-ring (bicyclic) bond motifs is 2. The first kappa shape index (κ1) is 15.1. The zero-order valence-corrected chi connectivity index (χ0v) is 13.3. The molecule has 24 heavy (non-hydrogen) atoms. The number of amides is 2. The van der Waals surface area contributed by atoms with Crippen LogP contribution in [0.25, 0.3) is 11.0 Å². The Labute approximate surface area is 138 Å². The van der Waals surface area contributed by atoms with Crippen molar-refractivity contribution >= 4 is 22.8 Å². The van der Waals surface area contributed by atoms with E-state index in [9.17, 15) is 9.59 Å². The van der Waals surface area contributed by atoms with E-state index in [1.165, 1.54) is 11.7 Å². The van der Waals surface area contributed by atoms with Gasteiger partial charge in [-0.2, -0.15) is 15.0 Å². The van der Waals surface area contributed by atoms with Gasteiger partial charge in [-0.3, -0.25) is 9.59 Å². The van der Waals surface area contributed by atoms with Gasteiger partial charge in [-0.1, -0.05) is 12.1 Å². The Morgan fingerprint density at radius 1 is 1.21 bits per heavy atom. The van der Waals surface area contributed by atoms with Crippen molar-refractivity contribution in [3.63, 3.8) is 0 Å². The molecule has 8 heteroatoms. The Kier molecular flexibility index (Phi) is 3.68. The number of nitrogens with one attached hydrogen (secondary N) is 2. The van der Waals surface area contributed by atoms with Crippen molar-refractivity contribution in [2.75, 3.05) is 6.61 Å². The summed E-state index contributed by atoms with van der Waals surface area (Å²) in [7, 11) is 0. The Bertz CT molecular complexity index is 756.